The molecule has 0 atom stereocenters. The van der Waals surface area contributed by atoms with Gasteiger partial charge >= 0.3 is 0 Å². The zero-order valence-corrected chi connectivity index (χ0v) is 15.4. The summed E-state index contributed by atoms with van der Waals surface area (Å²) in [6.07, 6.45) is 3.72. The molecular weight excluding hydrogens is 345 g/mol. The fourth-order valence-corrected chi connectivity index (χ4v) is 3.72. The van der Waals surface area contributed by atoms with E-state index in [0.717, 1.165) is 24.7 Å². The Bertz CT molecular complexity index is 783. The molecule has 2 fully saturated rings. The molecule has 1 aromatic heterocycles. The van der Waals surface area contributed by atoms with Crippen LogP contribution in [0, 0.1) is 5.82 Å². The lowest BCUT2D eigenvalue weighted by atomic mass is 10.1. The summed E-state index contributed by atoms with van der Waals surface area (Å²) in [5, 5.41) is 8.80. The first-order chi connectivity index (χ1) is 13.2. The van der Waals surface area contributed by atoms with Gasteiger partial charge in [-0.1, -0.05) is 6.07 Å². The number of halogens is 1. The van der Waals surface area contributed by atoms with Crippen LogP contribution in [0.25, 0.3) is 0 Å². The first-order valence-corrected chi connectivity index (χ1v) is 9.59. The Morgan fingerprint density at radius 1 is 0.815 bits per heavy atom. The van der Waals surface area contributed by atoms with E-state index in [-0.39, 0.29) is 11.7 Å². The third-order valence-corrected chi connectivity index (χ3v) is 5.28. The van der Waals surface area contributed by atoms with E-state index >= 15 is 0 Å². The standard InChI is InChI=1S/C20H24FN5O/c21-17-6-4-5-16(15-17)20(27)26-13-11-25(12-14-26)19-8-7-18(22-23-19)24-9-2-1-3-10-24/h4-8,15H,1-3,9-14H2. The summed E-state index contributed by atoms with van der Waals surface area (Å²) < 4.78 is 13.3. The Labute approximate surface area is 158 Å². The van der Waals surface area contributed by atoms with Crippen LogP contribution in [0.1, 0.15) is 29.6 Å². The van der Waals surface area contributed by atoms with E-state index in [2.05, 4.69) is 20.0 Å². The number of benzene rings is 1. The summed E-state index contributed by atoms with van der Waals surface area (Å²) in [5.41, 5.74) is 0.397. The van der Waals surface area contributed by atoms with Crippen molar-refractivity contribution < 1.29 is 9.18 Å². The molecule has 0 spiro atoms. The van der Waals surface area contributed by atoms with Gasteiger partial charge in [-0.05, 0) is 49.6 Å². The van der Waals surface area contributed by atoms with Gasteiger partial charge in [0, 0.05) is 44.8 Å². The predicted octanol–water partition coefficient (Wildman–Crippen LogP) is 2.57. The molecule has 7 heteroatoms. The van der Waals surface area contributed by atoms with Crippen molar-refractivity contribution in [2.24, 2.45) is 0 Å². The van der Waals surface area contributed by atoms with E-state index in [1.165, 1.54) is 31.4 Å². The van der Waals surface area contributed by atoms with Crippen molar-refractivity contribution in [3.8, 4) is 0 Å². The van der Waals surface area contributed by atoms with Gasteiger partial charge in [0.1, 0.15) is 5.82 Å². The Morgan fingerprint density at radius 3 is 2.04 bits per heavy atom. The minimum atomic E-state index is -0.386. The van der Waals surface area contributed by atoms with E-state index in [0.29, 0.717) is 31.7 Å². The Kier molecular flexibility index (Phi) is 5.18. The van der Waals surface area contributed by atoms with Crippen LogP contribution in [-0.4, -0.2) is 60.3 Å². The van der Waals surface area contributed by atoms with Crippen molar-refractivity contribution in [3.05, 3.63) is 47.8 Å². The van der Waals surface area contributed by atoms with E-state index in [9.17, 15) is 9.18 Å². The largest absolute Gasteiger partial charge is 0.355 e. The van der Waals surface area contributed by atoms with Crippen molar-refractivity contribution in [2.45, 2.75) is 19.3 Å². The topological polar surface area (TPSA) is 52.6 Å². The number of aromatic nitrogens is 2. The Hall–Kier alpha value is -2.70. The number of piperidine rings is 1. The van der Waals surface area contributed by atoms with Crippen molar-refractivity contribution >= 4 is 17.5 Å². The highest BCUT2D eigenvalue weighted by atomic mass is 19.1. The second-order valence-electron chi connectivity index (χ2n) is 7.09. The fourth-order valence-electron chi connectivity index (χ4n) is 3.72. The summed E-state index contributed by atoms with van der Waals surface area (Å²) in [7, 11) is 0. The number of amides is 1. The highest BCUT2D eigenvalue weighted by Gasteiger charge is 2.23. The summed E-state index contributed by atoms with van der Waals surface area (Å²) in [4.78, 5) is 18.7. The molecule has 142 valence electrons. The van der Waals surface area contributed by atoms with Crippen LogP contribution in [0.4, 0.5) is 16.0 Å². The third kappa shape index (κ3) is 4.02. The molecule has 6 nitrogen and oxygen atoms in total. The highest BCUT2D eigenvalue weighted by molar-refractivity contribution is 5.94. The van der Waals surface area contributed by atoms with E-state index < -0.39 is 0 Å². The number of rotatable bonds is 3. The van der Waals surface area contributed by atoms with Gasteiger partial charge in [0.2, 0.25) is 0 Å². The van der Waals surface area contributed by atoms with Crippen molar-refractivity contribution in [1.29, 1.82) is 0 Å². The van der Waals surface area contributed by atoms with Gasteiger partial charge in [-0.25, -0.2) is 4.39 Å². The Morgan fingerprint density at radius 2 is 1.44 bits per heavy atom. The molecule has 2 aromatic rings. The smallest absolute Gasteiger partial charge is 0.254 e. The quantitative estimate of drug-likeness (QED) is 0.832. The lowest BCUT2D eigenvalue weighted by Gasteiger charge is -2.35. The second-order valence-corrected chi connectivity index (χ2v) is 7.09. The van der Waals surface area contributed by atoms with Crippen molar-refractivity contribution in [1.82, 2.24) is 15.1 Å². The molecule has 0 bridgehead atoms. The van der Waals surface area contributed by atoms with E-state index in [4.69, 9.17) is 0 Å². The Balaban J connectivity index is 1.35. The molecule has 1 amide bonds. The van der Waals surface area contributed by atoms with Crippen LogP contribution in [-0.2, 0) is 0 Å². The van der Waals surface area contributed by atoms with Gasteiger partial charge in [0.15, 0.2) is 11.6 Å². The lowest BCUT2D eigenvalue weighted by molar-refractivity contribution is 0.0746. The van der Waals surface area contributed by atoms with Gasteiger partial charge in [-0.15, -0.1) is 10.2 Å². The maximum absolute atomic E-state index is 13.3. The molecule has 3 heterocycles. The zero-order valence-electron chi connectivity index (χ0n) is 15.4. The van der Waals surface area contributed by atoms with Crippen LogP contribution in [0.2, 0.25) is 0 Å². The molecule has 0 unspecified atom stereocenters. The molecular formula is C20H24FN5O. The maximum Gasteiger partial charge on any atom is 0.254 e. The minimum Gasteiger partial charge on any atom is -0.355 e. The predicted molar refractivity (Wildman–Crippen MR) is 103 cm³/mol. The van der Waals surface area contributed by atoms with Gasteiger partial charge < -0.3 is 14.7 Å². The average molecular weight is 369 g/mol. The van der Waals surface area contributed by atoms with E-state index in [1.54, 1.807) is 17.0 Å². The van der Waals surface area contributed by atoms with E-state index in [1.807, 2.05) is 12.1 Å². The molecule has 0 N–H and O–H groups in total. The lowest BCUT2D eigenvalue weighted by Crippen LogP contribution is -2.49. The monoisotopic (exact) mass is 369 g/mol. The number of anilines is 2. The minimum absolute atomic E-state index is 0.124. The van der Waals surface area contributed by atoms with Crippen molar-refractivity contribution in [2.75, 3.05) is 49.1 Å². The number of piperazine rings is 1. The van der Waals surface area contributed by atoms with Gasteiger partial charge in [0.05, 0.1) is 0 Å². The number of hydrogen-bond donors (Lipinski definition) is 0. The summed E-state index contributed by atoms with van der Waals surface area (Å²) in [6, 6.07) is 9.92. The molecule has 2 aliphatic heterocycles. The molecule has 4 rings (SSSR count). The van der Waals surface area contributed by atoms with Crippen LogP contribution in [0.3, 0.4) is 0 Å². The maximum atomic E-state index is 13.3. The summed E-state index contributed by atoms with van der Waals surface area (Å²) in [5.74, 6) is 1.27. The van der Waals surface area contributed by atoms with Gasteiger partial charge in [0.25, 0.3) is 5.91 Å². The van der Waals surface area contributed by atoms with Crippen LogP contribution < -0.4 is 9.80 Å². The number of carbonyl (C=O) groups is 1. The number of hydrogen-bond acceptors (Lipinski definition) is 5. The SMILES string of the molecule is O=C(c1cccc(F)c1)N1CCN(c2ccc(N3CCCCC3)nn2)CC1. The van der Waals surface area contributed by atoms with Crippen LogP contribution >= 0.6 is 0 Å². The number of nitrogens with zero attached hydrogens (tertiary/aromatic N) is 5. The molecule has 1 aromatic carbocycles. The molecule has 0 aliphatic carbocycles. The second kappa shape index (κ2) is 7.90. The van der Waals surface area contributed by atoms with Gasteiger partial charge in [-0.2, -0.15) is 0 Å². The average Bonchev–Trinajstić information content (AvgIpc) is 2.74. The summed E-state index contributed by atoms with van der Waals surface area (Å²) in [6.45, 7) is 4.66. The summed E-state index contributed by atoms with van der Waals surface area (Å²) >= 11 is 0. The van der Waals surface area contributed by atoms with Crippen LogP contribution in [0.5, 0.6) is 0 Å². The molecule has 0 radical (unpaired) electrons. The van der Waals surface area contributed by atoms with Crippen molar-refractivity contribution in [3.63, 3.8) is 0 Å². The zero-order chi connectivity index (χ0) is 18.6. The molecule has 2 saturated heterocycles. The molecule has 0 saturated carbocycles. The fraction of sp³-hybridized carbons (Fsp3) is 0.450. The first kappa shape index (κ1) is 17.7. The molecule has 2 aliphatic rings. The molecule has 27 heavy (non-hydrogen) atoms. The highest BCUT2D eigenvalue weighted by Crippen LogP contribution is 2.20. The number of carbonyl (C=O) groups excluding carboxylic acids is 1. The van der Waals surface area contributed by atoms with Crippen LogP contribution in [0.15, 0.2) is 36.4 Å². The first-order valence-electron chi connectivity index (χ1n) is 9.59. The normalized spacial score (nSPS) is 17.9. The third-order valence-electron chi connectivity index (χ3n) is 5.28. The van der Waals surface area contributed by atoms with Gasteiger partial charge in [-0.3, -0.25) is 4.79 Å².